The maximum absolute atomic E-state index is 11.4. The van der Waals surface area contributed by atoms with Gasteiger partial charge >= 0.3 is 0 Å². The smallest absolute Gasteiger partial charge is 0.240 e. The average molecular weight is 286 g/mol. The number of halogens is 1. The fraction of sp³-hybridized carbons (Fsp3) is 0.182. The first-order valence-corrected chi connectivity index (χ1v) is 6.47. The van der Waals surface area contributed by atoms with Gasteiger partial charge in [-0.3, -0.25) is 9.59 Å². The standard InChI is InChI=1S/C11H8ClNO2S2/c12-8-3-1-7(2-4-8)11(16)17-13-9(14)5-6-10(13)15/h1-4H,5-6H2. The van der Waals surface area contributed by atoms with E-state index in [0.717, 1.165) is 21.8 Å². The van der Waals surface area contributed by atoms with E-state index in [0.29, 0.717) is 9.22 Å². The summed E-state index contributed by atoms with van der Waals surface area (Å²) in [5, 5.41) is 0.620. The van der Waals surface area contributed by atoms with Crippen molar-refractivity contribution in [2.24, 2.45) is 0 Å². The summed E-state index contributed by atoms with van der Waals surface area (Å²) in [5.41, 5.74) is 0.780. The lowest BCUT2D eigenvalue weighted by Crippen LogP contribution is -2.23. The van der Waals surface area contributed by atoms with E-state index in [-0.39, 0.29) is 24.7 Å². The normalized spacial score (nSPS) is 15.5. The van der Waals surface area contributed by atoms with Crippen molar-refractivity contribution in [3.05, 3.63) is 34.9 Å². The van der Waals surface area contributed by atoms with Crippen LogP contribution in [0, 0.1) is 0 Å². The van der Waals surface area contributed by atoms with Crippen molar-refractivity contribution < 1.29 is 9.59 Å². The minimum atomic E-state index is -0.184. The van der Waals surface area contributed by atoms with Gasteiger partial charge in [0.1, 0.15) is 0 Å². The van der Waals surface area contributed by atoms with Crippen LogP contribution < -0.4 is 0 Å². The zero-order chi connectivity index (χ0) is 12.4. The molecule has 0 radical (unpaired) electrons. The van der Waals surface area contributed by atoms with Crippen molar-refractivity contribution in [2.45, 2.75) is 12.8 Å². The summed E-state index contributed by atoms with van der Waals surface area (Å²) in [6.07, 6.45) is 0.546. The molecule has 0 unspecified atom stereocenters. The van der Waals surface area contributed by atoms with Crippen molar-refractivity contribution in [3.63, 3.8) is 0 Å². The number of amides is 2. The molecule has 3 nitrogen and oxygen atoms in total. The SMILES string of the molecule is O=C1CCC(=O)N1SC(=S)c1ccc(Cl)cc1. The Balaban J connectivity index is 2.09. The van der Waals surface area contributed by atoms with Crippen LogP contribution in [0.5, 0.6) is 0 Å². The fourth-order valence-corrected chi connectivity index (χ4v) is 2.66. The molecule has 2 rings (SSSR count). The molecule has 0 N–H and O–H groups in total. The zero-order valence-electron chi connectivity index (χ0n) is 8.68. The van der Waals surface area contributed by atoms with Crippen molar-refractivity contribution in [2.75, 3.05) is 0 Å². The van der Waals surface area contributed by atoms with E-state index in [1.54, 1.807) is 24.3 Å². The second kappa shape index (κ2) is 5.16. The van der Waals surface area contributed by atoms with Crippen LogP contribution in [0.2, 0.25) is 5.02 Å². The number of benzene rings is 1. The monoisotopic (exact) mass is 285 g/mol. The van der Waals surface area contributed by atoms with E-state index >= 15 is 0 Å². The van der Waals surface area contributed by atoms with E-state index in [9.17, 15) is 9.59 Å². The number of carbonyl (C=O) groups is 2. The summed E-state index contributed by atoms with van der Waals surface area (Å²) < 4.78 is 1.63. The van der Waals surface area contributed by atoms with Crippen molar-refractivity contribution in [1.29, 1.82) is 0 Å². The number of thiocarbonyl (C=S) groups is 1. The Hall–Kier alpha value is -0.910. The van der Waals surface area contributed by atoms with E-state index in [1.165, 1.54) is 0 Å². The second-order valence-electron chi connectivity index (χ2n) is 3.47. The summed E-state index contributed by atoms with van der Waals surface area (Å²) in [4.78, 5) is 22.8. The molecule has 0 atom stereocenters. The lowest BCUT2D eigenvalue weighted by Gasteiger charge is -2.12. The summed E-state index contributed by atoms with van der Waals surface area (Å²) in [6, 6.07) is 6.97. The average Bonchev–Trinajstić information content (AvgIpc) is 2.61. The largest absolute Gasteiger partial charge is 0.273 e. The maximum atomic E-state index is 11.4. The number of hydrogen-bond donors (Lipinski definition) is 0. The van der Waals surface area contributed by atoms with E-state index in [4.69, 9.17) is 23.8 Å². The molecule has 1 heterocycles. The number of rotatable bonds is 2. The molecule has 0 bridgehead atoms. The molecule has 1 saturated heterocycles. The molecule has 1 aliphatic rings. The number of nitrogens with zero attached hydrogens (tertiary/aromatic N) is 1. The first-order chi connectivity index (χ1) is 8.08. The summed E-state index contributed by atoms with van der Waals surface area (Å²) in [6.45, 7) is 0. The molecule has 0 aromatic heterocycles. The summed E-state index contributed by atoms with van der Waals surface area (Å²) in [7, 11) is 0. The number of hydrogen-bond acceptors (Lipinski definition) is 4. The maximum Gasteiger partial charge on any atom is 0.240 e. The van der Waals surface area contributed by atoms with Crippen LogP contribution >= 0.6 is 35.8 Å². The second-order valence-corrected chi connectivity index (χ2v) is 5.53. The molecule has 1 aliphatic heterocycles. The van der Waals surface area contributed by atoms with Crippen LogP contribution in [0.4, 0.5) is 0 Å². The molecule has 0 aliphatic carbocycles. The van der Waals surface area contributed by atoms with Gasteiger partial charge in [-0.1, -0.05) is 36.0 Å². The van der Waals surface area contributed by atoms with Gasteiger partial charge in [-0.2, -0.15) is 0 Å². The highest BCUT2D eigenvalue weighted by Gasteiger charge is 2.30. The minimum absolute atomic E-state index is 0.184. The van der Waals surface area contributed by atoms with Crippen LogP contribution in [0.15, 0.2) is 24.3 Å². The Morgan fingerprint density at radius 1 is 1.18 bits per heavy atom. The van der Waals surface area contributed by atoms with Crippen molar-refractivity contribution in [1.82, 2.24) is 4.31 Å². The molecule has 6 heteroatoms. The van der Waals surface area contributed by atoms with E-state index < -0.39 is 0 Å². The molecule has 88 valence electrons. The number of imide groups is 1. The van der Waals surface area contributed by atoms with Crippen LogP contribution in [0.1, 0.15) is 18.4 Å². The zero-order valence-corrected chi connectivity index (χ0v) is 11.1. The first-order valence-electron chi connectivity index (χ1n) is 4.91. The minimum Gasteiger partial charge on any atom is -0.273 e. The molecule has 2 amide bonds. The Bertz CT molecular complexity index is 471. The quantitative estimate of drug-likeness (QED) is 0.476. The third-order valence-electron chi connectivity index (χ3n) is 2.26. The molecule has 0 saturated carbocycles. The van der Waals surface area contributed by atoms with Gasteiger partial charge < -0.3 is 0 Å². The van der Waals surface area contributed by atoms with Gasteiger partial charge in [0.05, 0.1) is 4.20 Å². The van der Waals surface area contributed by atoms with Gasteiger partial charge in [-0.05, 0) is 12.1 Å². The highest BCUT2D eigenvalue weighted by Crippen LogP contribution is 2.26. The number of carbonyl (C=O) groups excluding carboxylic acids is 2. The van der Waals surface area contributed by atoms with Crippen LogP contribution in [0.3, 0.4) is 0 Å². The first kappa shape index (κ1) is 12.5. The lowest BCUT2D eigenvalue weighted by molar-refractivity contribution is -0.131. The van der Waals surface area contributed by atoms with Crippen molar-refractivity contribution >= 4 is 51.8 Å². The molecular formula is C11H8ClNO2S2. The topological polar surface area (TPSA) is 37.4 Å². The van der Waals surface area contributed by atoms with Gasteiger partial charge in [0.15, 0.2) is 0 Å². The predicted octanol–water partition coefficient (Wildman–Crippen LogP) is 2.81. The molecule has 1 fully saturated rings. The van der Waals surface area contributed by atoms with Crippen LogP contribution in [-0.4, -0.2) is 20.3 Å². The predicted molar refractivity (Wildman–Crippen MR) is 71.8 cm³/mol. The van der Waals surface area contributed by atoms with Crippen LogP contribution in [-0.2, 0) is 9.59 Å². The van der Waals surface area contributed by atoms with Gasteiger partial charge in [0, 0.05) is 35.4 Å². The van der Waals surface area contributed by atoms with E-state index in [1.807, 2.05) is 0 Å². The van der Waals surface area contributed by atoms with E-state index in [2.05, 4.69) is 0 Å². The van der Waals surface area contributed by atoms with Gasteiger partial charge in [0.25, 0.3) is 0 Å². The Morgan fingerprint density at radius 2 is 1.71 bits per heavy atom. The highest BCUT2D eigenvalue weighted by molar-refractivity contribution is 8.22. The van der Waals surface area contributed by atoms with Crippen LogP contribution in [0.25, 0.3) is 0 Å². The third kappa shape index (κ3) is 2.86. The molecule has 0 spiro atoms. The highest BCUT2D eigenvalue weighted by atomic mass is 35.5. The molecule has 1 aromatic carbocycles. The lowest BCUT2D eigenvalue weighted by atomic mass is 10.2. The Labute approximate surface area is 113 Å². The Kier molecular flexibility index (Phi) is 3.81. The van der Waals surface area contributed by atoms with Gasteiger partial charge in [-0.15, -0.1) is 0 Å². The fourth-order valence-electron chi connectivity index (χ4n) is 1.38. The Morgan fingerprint density at radius 3 is 2.24 bits per heavy atom. The molecule has 17 heavy (non-hydrogen) atoms. The molecule has 1 aromatic rings. The molecular weight excluding hydrogens is 278 g/mol. The van der Waals surface area contributed by atoms with Gasteiger partial charge in [-0.25, -0.2) is 4.31 Å². The summed E-state index contributed by atoms with van der Waals surface area (Å²) >= 11 is 11.9. The van der Waals surface area contributed by atoms with Gasteiger partial charge in [0.2, 0.25) is 11.8 Å². The third-order valence-corrected chi connectivity index (χ3v) is 3.96. The summed E-state index contributed by atoms with van der Waals surface area (Å²) in [5.74, 6) is -0.368. The van der Waals surface area contributed by atoms with Crippen molar-refractivity contribution in [3.8, 4) is 0 Å².